The van der Waals surface area contributed by atoms with Gasteiger partial charge in [0, 0.05) is 0 Å². The quantitative estimate of drug-likeness (QED) is 0.353. The van der Waals surface area contributed by atoms with Crippen LogP contribution in [-0.2, 0) is 4.79 Å². The Labute approximate surface area is 74.2 Å². The Balaban J connectivity index is 2.70. The third kappa shape index (κ3) is 1.01. The molecular weight excluding hydrogens is 166 g/mol. The standard InChI is InChI=1S/C9H5N3O/c10-12-9-6-3-1-2-4-7(6)11-8(9)5-13/h1-5H. The number of fused-ring (bicyclic) bond motifs is 1. The highest BCUT2D eigenvalue weighted by Crippen LogP contribution is 2.24. The number of para-hydroxylation sites is 1. The summed E-state index contributed by atoms with van der Waals surface area (Å²) in [6, 6.07) is 7.12. The van der Waals surface area contributed by atoms with E-state index in [-0.39, 0.29) is 11.4 Å². The second-order valence-electron chi connectivity index (χ2n) is 2.58. The Morgan fingerprint density at radius 1 is 1.38 bits per heavy atom. The van der Waals surface area contributed by atoms with Gasteiger partial charge in [-0.1, -0.05) is 12.1 Å². The number of benzene rings is 1. The van der Waals surface area contributed by atoms with Crippen LogP contribution in [0.4, 0.5) is 5.69 Å². The number of hydrogen-bond donors (Lipinski definition) is 0. The monoisotopic (exact) mass is 171 g/mol. The maximum Gasteiger partial charge on any atom is 0.353 e. The molecule has 1 aliphatic heterocycles. The molecule has 13 heavy (non-hydrogen) atoms. The minimum Gasteiger partial charge on any atom is -0.361 e. The Bertz CT molecular complexity index is 456. The van der Waals surface area contributed by atoms with Crippen LogP contribution in [0.5, 0.6) is 0 Å². The SMILES string of the molecule is [N-]=[N+]=C1C(C=O)=Nc2ccccc21. The number of carbonyl (C=O) groups excluding carboxylic acids is 1. The minimum absolute atomic E-state index is 0.170. The van der Waals surface area contributed by atoms with E-state index in [9.17, 15) is 4.79 Å². The van der Waals surface area contributed by atoms with Crippen LogP contribution >= 0.6 is 0 Å². The highest BCUT2D eigenvalue weighted by Gasteiger charge is 2.28. The minimum atomic E-state index is 0.170. The lowest BCUT2D eigenvalue weighted by Gasteiger charge is -1.88. The van der Waals surface area contributed by atoms with Crippen LogP contribution in [0.3, 0.4) is 0 Å². The van der Waals surface area contributed by atoms with E-state index in [4.69, 9.17) is 5.53 Å². The van der Waals surface area contributed by atoms with Crippen LogP contribution in [-0.4, -0.2) is 22.5 Å². The van der Waals surface area contributed by atoms with Gasteiger partial charge in [-0.2, -0.15) is 4.79 Å². The Morgan fingerprint density at radius 2 is 2.15 bits per heavy atom. The molecule has 0 fully saturated rings. The van der Waals surface area contributed by atoms with E-state index in [0.29, 0.717) is 17.5 Å². The van der Waals surface area contributed by atoms with Crippen LogP contribution in [0.2, 0.25) is 0 Å². The van der Waals surface area contributed by atoms with E-state index in [1.165, 1.54) is 0 Å². The maximum absolute atomic E-state index is 10.5. The Hall–Kier alpha value is -2.06. The van der Waals surface area contributed by atoms with Gasteiger partial charge in [0.05, 0.1) is 11.3 Å². The molecule has 4 heteroatoms. The van der Waals surface area contributed by atoms with E-state index in [1.54, 1.807) is 18.2 Å². The van der Waals surface area contributed by atoms with E-state index < -0.39 is 0 Å². The number of nitrogens with zero attached hydrogens (tertiary/aromatic N) is 3. The lowest BCUT2D eigenvalue weighted by atomic mass is 10.1. The maximum atomic E-state index is 10.5. The molecule has 0 saturated heterocycles. The molecule has 4 nitrogen and oxygen atoms in total. The first-order chi connectivity index (χ1) is 6.36. The first-order valence-corrected chi connectivity index (χ1v) is 3.72. The topological polar surface area (TPSA) is 65.8 Å². The summed E-state index contributed by atoms with van der Waals surface area (Å²) in [5, 5.41) is 0. The highest BCUT2D eigenvalue weighted by atomic mass is 16.1. The number of rotatable bonds is 1. The third-order valence-electron chi connectivity index (χ3n) is 1.85. The van der Waals surface area contributed by atoms with Gasteiger partial charge in [0.2, 0.25) is 0 Å². The van der Waals surface area contributed by atoms with Crippen LogP contribution in [0.15, 0.2) is 29.3 Å². The fraction of sp³-hybridized carbons (Fsp3) is 0. The van der Waals surface area contributed by atoms with Gasteiger partial charge < -0.3 is 5.53 Å². The lowest BCUT2D eigenvalue weighted by Crippen LogP contribution is -2.12. The number of aldehydes is 1. The van der Waals surface area contributed by atoms with Gasteiger partial charge in [-0.25, -0.2) is 4.99 Å². The van der Waals surface area contributed by atoms with Gasteiger partial charge in [0.1, 0.15) is 0 Å². The molecule has 2 rings (SSSR count). The number of hydrogen-bond acceptors (Lipinski definition) is 2. The van der Waals surface area contributed by atoms with Crippen LogP contribution in [0.25, 0.3) is 5.53 Å². The van der Waals surface area contributed by atoms with Crippen molar-refractivity contribution in [2.75, 3.05) is 0 Å². The Kier molecular flexibility index (Phi) is 1.61. The first-order valence-electron chi connectivity index (χ1n) is 3.72. The van der Waals surface area contributed by atoms with Crippen molar-refractivity contribution >= 4 is 23.4 Å². The van der Waals surface area contributed by atoms with E-state index in [0.717, 1.165) is 0 Å². The Morgan fingerprint density at radius 3 is 2.85 bits per heavy atom. The van der Waals surface area contributed by atoms with E-state index in [2.05, 4.69) is 9.78 Å². The van der Waals surface area contributed by atoms with Crippen molar-refractivity contribution < 1.29 is 9.58 Å². The number of carbonyl (C=O) groups is 1. The summed E-state index contributed by atoms with van der Waals surface area (Å²) in [7, 11) is 0. The molecule has 0 unspecified atom stereocenters. The summed E-state index contributed by atoms with van der Waals surface area (Å²) in [5.41, 5.74) is 10.4. The molecule has 62 valence electrons. The normalized spacial score (nSPS) is 13.2. The van der Waals surface area contributed by atoms with Gasteiger partial charge in [-0.05, 0) is 12.1 Å². The molecule has 0 spiro atoms. The van der Waals surface area contributed by atoms with Gasteiger partial charge in [0.15, 0.2) is 12.0 Å². The molecule has 1 heterocycles. The zero-order valence-corrected chi connectivity index (χ0v) is 6.64. The molecule has 0 N–H and O–H groups in total. The molecule has 0 aromatic heterocycles. The van der Waals surface area contributed by atoms with Crippen molar-refractivity contribution in [2.24, 2.45) is 4.99 Å². The second-order valence-corrected chi connectivity index (χ2v) is 2.58. The first kappa shape index (κ1) is 7.58. The molecule has 1 aromatic carbocycles. The summed E-state index contributed by atoms with van der Waals surface area (Å²) in [6.07, 6.45) is 0.578. The average Bonchev–Trinajstić information content (AvgIpc) is 2.55. The fourth-order valence-corrected chi connectivity index (χ4v) is 1.28. The van der Waals surface area contributed by atoms with Crippen molar-refractivity contribution in [3.63, 3.8) is 0 Å². The van der Waals surface area contributed by atoms with Crippen molar-refractivity contribution in [1.82, 2.24) is 0 Å². The predicted molar refractivity (Wildman–Crippen MR) is 47.3 cm³/mol. The summed E-state index contributed by atoms with van der Waals surface area (Å²) >= 11 is 0. The molecule has 0 saturated carbocycles. The van der Waals surface area contributed by atoms with Gasteiger partial charge in [-0.15, -0.1) is 0 Å². The number of aliphatic imine (C=N–C) groups is 1. The van der Waals surface area contributed by atoms with Crippen molar-refractivity contribution in [2.45, 2.75) is 0 Å². The van der Waals surface area contributed by atoms with Crippen molar-refractivity contribution in [3.05, 3.63) is 35.4 Å². The van der Waals surface area contributed by atoms with Crippen molar-refractivity contribution in [1.29, 1.82) is 0 Å². The molecule has 0 bridgehead atoms. The zero-order chi connectivity index (χ0) is 9.26. The van der Waals surface area contributed by atoms with Crippen LogP contribution in [0, 0.1) is 0 Å². The largest absolute Gasteiger partial charge is 0.361 e. The summed E-state index contributed by atoms with van der Waals surface area (Å²) in [6.45, 7) is 0. The smallest absolute Gasteiger partial charge is 0.353 e. The molecule has 0 aliphatic carbocycles. The second kappa shape index (κ2) is 2.77. The van der Waals surface area contributed by atoms with E-state index in [1.807, 2.05) is 6.07 Å². The van der Waals surface area contributed by atoms with Gasteiger partial charge in [-0.3, -0.25) is 4.79 Å². The lowest BCUT2D eigenvalue weighted by molar-refractivity contribution is -0.102. The average molecular weight is 171 g/mol. The van der Waals surface area contributed by atoms with Crippen LogP contribution in [0.1, 0.15) is 5.56 Å². The van der Waals surface area contributed by atoms with Gasteiger partial charge >= 0.3 is 5.71 Å². The van der Waals surface area contributed by atoms with Crippen LogP contribution < -0.4 is 0 Å². The molecule has 0 atom stereocenters. The summed E-state index contributed by atoms with van der Waals surface area (Å²) in [5.74, 6) is 0. The molecule has 1 aliphatic rings. The summed E-state index contributed by atoms with van der Waals surface area (Å²) in [4.78, 5) is 17.5. The molecule has 1 aromatic rings. The highest BCUT2D eigenvalue weighted by molar-refractivity contribution is 6.66. The summed E-state index contributed by atoms with van der Waals surface area (Å²) < 4.78 is 0. The van der Waals surface area contributed by atoms with E-state index >= 15 is 0 Å². The zero-order valence-electron chi connectivity index (χ0n) is 6.64. The molecular formula is C9H5N3O. The predicted octanol–water partition coefficient (Wildman–Crippen LogP) is 0.990. The van der Waals surface area contributed by atoms with Crippen molar-refractivity contribution in [3.8, 4) is 0 Å². The molecule has 0 radical (unpaired) electrons. The fourth-order valence-electron chi connectivity index (χ4n) is 1.28. The third-order valence-corrected chi connectivity index (χ3v) is 1.85. The van der Waals surface area contributed by atoms with Gasteiger partial charge in [0.25, 0.3) is 0 Å². The molecule has 0 amide bonds.